The van der Waals surface area contributed by atoms with E-state index < -0.39 is 43.9 Å². The maximum absolute atomic E-state index is 13.2. The predicted molar refractivity (Wildman–Crippen MR) is 163 cm³/mol. The number of rotatable bonds is 9. The summed E-state index contributed by atoms with van der Waals surface area (Å²) in [4.78, 5) is 24.5. The number of hydrogen-bond acceptors (Lipinski definition) is 7. The van der Waals surface area contributed by atoms with Gasteiger partial charge in [-0.25, -0.2) is 16.8 Å². The minimum Gasteiger partial charge on any atom is -0.480 e. The highest BCUT2D eigenvalue weighted by Crippen LogP contribution is 2.37. The van der Waals surface area contributed by atoms with Gasteiger partial charge in [-0.05, 0) is 66.8 Å². The Morgan fingerprint density at radius 1 is 0.977 bits per heavy atom. The molecule has 1 saturated heterocycles. The third-order valence-corrected chi connectivity index (χ3v) is 10.7. The van der Waals surface area contributed by atoms with Gasteiger partial charge in [-0.2, -0.15) is 4.72 Å². The zero-order chi connectivity index (χ0) is 31.1. The molecular weight excluding hydrogens is 594 g/mol. The molecule has 0 radical (unpaired) electrons. The van der Waals surface area contributed by atoms with Crippen molar-refractivity contribution in [1.82, 2.24) is 4.72 Å². The Labute approximate surface area is 249 Å². The van der Waals surface area contributed by atoms with Gasteiger partial charge in [0.05, 0.1) is 16.3 Å². The summed E-state index contributed by atoms with van der Waals surface area (Å²) in [5, 5.41) is 12.7. The quantitative estimate of drug-likeness (QED) is 0.243. The summed E-state index contributed by atoms with van der Waals surface area (Å²) < 4.78 is 60.0. The number of amides is 1. The number of carbonyl (C=O) groups is 2. The Kier molecular flexibility index (Phi) is 8.07. The average Bonchev–Trinajstić information content (AvgIpc) is 3.50. The largest absolute Gasteiger partial charge is 0.480 e. The number of aryl methyl sites for hydroxylation is 1. The fraction of sp³-hybridized carbons (Fsp3) is 0.267. The van der Waals surface area contributed by atoms with E-state index in [2.05, 4.69) is 10.0 Å². The molecule has 5 rings (SSSR count). The molecule has 43 heavy (non-hydrogen) atoms. The van der Waals surface area contributed by atoms with Crippen molar-refractivity contribution in [2.24, 2.45) is 5.92 Å². The van der Waals surface area contributed by atoms with Crippen LogP contribution in [0.3, 0.4) is 0 Å². The van der Waals surface area contributed by atoms with Gasteiger partial charge in [0.25, 0.3) is 5.91 Å². The van der Waals surface area contributed by atoms with Crippen LogP contribution in [0.4, 0.5) is 11.4 Å². The summed E-state index contributed by atoms with van der Waals surface area (Å²) in [6.45, 7) is 5.33. The van der Waals surface area contributed by atoms with E-state index in [1.807, 2.05) is 0 Å². The number of fused-ring (bicyclic) bond motifs is 1. The predicted octanol–water partition coefficient (Wildman–Crippen LogP) is 4.59. The van der Waals surface area contributed by atoms with E-state index in [-0.39, 0.29) is 16.4 Å². The lowest BCUT2D eigenvalue weighted by Gasteiger charge is -2.18. The Bertz CT molecular complexity index is 1910. The standard InChI is InChI=1S/C30H31N3O8S2/c1-18(2)27(30(35)36)32-43(39,40)23-14-10-21(11-15-23)20-8-12-22(13-9-20)31-29(34)28-19(3)26-24(6-4-7-25(26)41-28)33-16-5-17-42(33,37)38/h4,6-15,18,27,32H,5,16-17H2,1-3H3,(H,31,34)(H,35,36). The number of nitrogens with one attached hydrogen (secondary N) is 2. The Morgan fingerprint density at radius 2 is 1.60 bits per heavy atom. The lowest BCUT2D eigenvalue weighted by Crippen LogP contribution is -2.44. The molecule has 1 amide bonds. The fourth-order valence-corrected chi connectivity index (χ4v) is 7.99. The summed E-state index contributed by atoms with van der Waals surface area (Å²) in [5.41, 5.74) is 3.42. The van der Waals surface area contributed by atoms with Crippen LogP contribution in [0.15, 0.2) is 76.0 Å². The zero-order valence-corrected chi connectivity index (χ0v) is 25.3. The molecule has 0 aliphatic carbocycles. The maximum atomic E-state index is 13.2. The summed E-state index contributed by atoms with van der Waals surface area (Å²) in [6, 6.07) is 16.8. The van der Waals surface area contributed by atoms with Crippen LogP contribution >= 0.6 is 0 Å². The van der Waals surface area contributed by atoms with Crippen molar-refractivity contribution in [2.45, 2.75) is 38.1 Å². The van der Waals surface area contributed by atoms with Crippen LogP contribution in [0.25, 0.3) is 22.1 Å². The second kappa shape index (κ2) is 11.5. The highest BCUT2D eigenvalue weighted by Gasteiger charge is 2.32. The number of nitrogens with zero attached hydrogens (tertiary/aromatic N) is 1. The minimum absolute atomic E-state index is 0.0567. The van der Waals surface area contributed by atoms with E-state index in [1.54, 1.807) is 75.4 Å². The molecular formula is C30H31N3O8S2. The number of carboxylic acid groups (broad SMARTS) is 1. The molecule has 0 spiro atoms. The molecule has 1 aliphatic rings. The molecule has 4 aromatic rings. The number of hydrogen-bond donors (Lipinski definition) is 3. The van der Waals surface area contributed by atoms with E-state index in [1.165, 1.54) is 16.4 Å². The van der Waals surface area contributed by atoms with Gasteiger partial charge in [-0.1, -0.05) is 44.2 Å². The van der Waals surface area contributed by atoms with Gasteiger partial charge >= 0.3 is 5.97 Å². The van der Waals surface area contributed by atoms with Crippen LogP contribution in [0, 0.1) is 12.8 Å². The van der Waals surface area contributed by atoms with Gasteiger partial charge in [0, 0.05) is 23.2 Å². The molecule has 0 bridgehead atoms. The lowest BCUT2D eigenvalue weighted by molar-refractivity contribution is -0.140. The Morgan fingerprint density at radius 3 is 2.16 bits per heavy atom. The number of sulfonamides is 2. The molecule has 3 N–H and O–H groups in total. The van der Waals surface area contributed by atoms with E-state index in [0.29, 0.717) is 46.4 Å². The first-order chi connectivity index (χ1) is 20.3. The normalized spacial score (nSPS) is 15.6. The van der Waals surface area contributed by atoms with Crippen LogP contribution < -0.4 is 14.3 Å². The molecule has 13 heteroatoms. The molecule has 0 saturated carbocycles. The zero-order valence-electron chi connectivity index (χ0n) is 23.7. The fourth-order valence-electron chi connectivity index (χ4n) is 5.08. The first-order valence-corrected chi connectivity index (χ1v) is 16.7. The third kappa shape index (κ3) is 6.01. The van der Waals surface area contributed by atoms with Gasteiger partial charge in [0.2, 0.25) is 20.0 Å². The van der Waals surface area contributed by atoms with Crippen molar-refractivity contribution < 1.29 is 35.9 Å². The topological polar surface area (TPSA) is 163 Å². The minimum atomic E-state index is -4.04. The molecule has 1 atom stereocenters. The number of benzene rings is 3. The van der Waals surface area contributed by atoms with Crippen LogP contribution in [0.5, 0.6) is 0 Å². The molecule has 226 valence electrons. The summed E-state index contributed by atoms with van der Waals surface area (Å²) in [6.07, 6.45) is 0.533. The second-order valence-corrected chi connectivity index (χ2v) is 14.4. The Balaban J connectivity index is 1.32. The van der Waals surface area contributed by atoms with Crippen molar-refractivity contribution in [3.63, 3.8) is 0 Å². The van der Waals surface area contributed by atoms with Gasteiger partial charge in [-0.15, -0.1) is 0 Å². The molecule has 1 unspecified atom stereocenters. The van der Waals surface area contributed by atoms with E-state index >= 15 is 0 Å². The van der Waals surface area contributed by atoms with Crippen LogP contribution in [-0.2, 0) is 24.8 Å². The van der Waals surface area contributed by atoms with Gasteiger partial charge < -0.3 is 14.8 Å². The molecule has 1 fully saturated rings. The van der Waals surface area contributed by atoms with Crippen molar-refractivity contribution >= 4 is 54.3 Å². The third-order valence-electron chi connectivity index (χ3n) is 7.36. The highest BCUT2D eigenvalue weighted by atomic mass is 32.2. The van der Waals surface area contributed by atoms with Crippen LogP contribution in [-0.4, -0.2) is 52.2 Å². The molecule has 3 aromatic carbocycles. The monoisotopic (exact) mass is 625 g/mol. The number of carbonyl (C=O) groups excluding carboxylic acids is 1. The first-order valence-electron chi connectivity index (χ1n) is 13.6. The number of anilines is 2. The van der Waals surface area contributed by atoms with Crippen LogP contribution in [0.2, 0.25) is 0 Å². The van der Waals surface area contributed by atoms with Crippen molar-refractivity contribution in [3.8, 4) is 11.1 Å². The van der Waals surface area contributed by atoms with E-state index in [9.17, 15) is 31.5 Å². The average molecular weight is 626 g/mol. The Hall–Kier alpha value is -4.20. The molecule has 2 heterocycles. The summed E-state index contributed by atoms with van der Waals surface area (Å²) in [5.74, 6) is -2.01. The number of furan rings is 1. The van der Waals surface area contributed by atoms with Gasteiger partial charge in [0.15, 0.2) is 5.76 Å². The van der Waals surface area contributed by atoms with Gasteiger partial charge in [-0.3, -0.25) is 13.9 Å². The highest BCUT2D eigenvalue weighted by molar-refractivity contribution is 7.93. The number of carboxylic acids is 1. The van der Waals surface area contributed by atoms with E-state index in [0.717, 1.165) is 5.56 Å². The maximum Gasteiger partial charge on any atom is 0.322 e. The molecule has 1 aromatic heterocycles. The van der Waals surface area contributed by atoms with Crippen molar-refractivity contribution in [1.29, 1.82) is 0 Å². The molecule has 11 nitrogen and oxygen atoms in total. The smallest absolute Gasteiger partial charge is 0.322 e. The molecule has 1 aliphatic heterocycles. The second-order valence-electron chi connectivity index (χ2n) is 10.7. The van der Waals surface area contributed by atoms with Crippen molar-refractivity contribution in [2.75, 3.05) is 21.9 Å². The SMILES string of the molecule is Cc1c(C(=O)Nc2ccc(-c3ccc(S(=O)(=O)NC(C(=O)O)C(C)C)cc3)cc2)oc2cccc(N3CCCS3(=O)=O)c12. The van der Waals surface area contributed by atoms with Crippen molar-refractivity contribution in [3.05, 3.63) is 78.1 Å². The summed E-state index contributed by atoms with van der Waals surface area (Å²) in [7, 11) is -7.46. The van der Waals surface area contributed by atoms with Crippen LogP contribution in [0.1, 0.15) is 36.4 Å². The lowest BCUT2D eigenvalue weighted by atomic mass is 10.1. The first kappa shape index (κ1) is 30.3. The van der Waals surface area contributed by atoms with Gasteiger partial charge in [0.1, 0.15) is 11.6 Å². The number of aliphatic carboxylic acids is 1. The summed E-state index contributed by atoms with van der Waals surface area (Å²) >= 11 is 0. The van der Waals surface area contributed by atoms with E-state index in [4.69, 9.17) is 4.42 Å².